The van der Waals surface area contributed by atoms with E-state index >= 15 is 0 Å². The molecule has 0 radical (unpaired) electrons. The molecule has 1 saturated heterocycles. The van der Waals surface area contributed by atoms with E-state index in [-0.39, 0.29) is 25.0 Å². The van der Waals surface area contributed by atoms with Crippen LogP contribution in [0, 0.1) is 11.8 Å². The zero-order chi connectivity index (χ0) is 24.2. The van der Waals surface area contributed by atoms with E-state index in [1.54, 1.807) is 6.92 Å². The third-order valence-corrected chi connectivity index (χ3v) is 7.17. The average Bonchev–Trinajstić information content (AvgIpc) is 3.18. The molecule has 0 saturated carbocycles. The van der Waals surface area contributed by atoms with Crippen molar-refractivity contribution < 1.29 is 24.2 Å². The lowest BCUT2D eigenvalue weighted by Crippen LogP contribution is -2.52. The lowest BCUT2D eigenvalue weighted by molar-refractivity contribution is -0.154. The minimum atomic E-state index is -0.969. The Morgan fingerprint density at radius 2 is 1.71 bits per heavy atom. The molecular formula is C27H32N2O5. The fraction of sp³-hybridized carbons (Fsp3) is 0.444. The van der Waals surface area contributed by atoms with Gasteiger partial charge in [0.25, 0.3) is 0 Å². The van der Waals surface area contributed by atoms with Crippen LogP contribution in [0.5, 0.6) is 0 Å². The van der Waals surface area contributed by atoms with Crippen LogP contribution in [0.3, 0.4) is 0 Å². The Morgan fingerprint density at radius 1 is 1.09 bits per heavy atom. The van der Waals surface area contributed by atoms with Crippen LogP contribution in [-0.4, -0.2) is 53.7 Å². The molecule has 0 bridgehead atoms. The Balaban J connectivity index is 1.31. The molecule has 3 unspecified atom stereocenters. The van der Waals surface area contributed by atoms with Gasteiger partial charge in [0.1, 0.15) is 12.6 Å². The van der Waals surface area contributed by atoms with Gasteiger partial charge in [-0.2, -0.15) is 0 Å². The van der Waals surface area contributed by atoms with Crippen molar-refractivity contribution in [3.05, 3.63) is 59.7 Å². The number of amides is 2. The first-order chi connectivity index (χ1) is 16.4. The average molecular weight is 465 g/mol. The summed E-state index contributed by atoms with van der Waals surface area (Å²) in [6.07, 6.45) is 1.61. The Labute approximate surface area is 200 Å². The highest BCUT2D eigenvalue weighted by atomic mass is 16.5. The molecule has 0 aromatic heterocycles. The number of rotatable bonds is 7. The second-order valence-electron chi connectivity index (χ2n) is 9.29. The molecule has 2 amide bonds. The maximum absolute atomic E-state index is 12.9. The van der Waals surface area contributed by atoms with Gasteiger partial charge in [0, 0.05) is 19.0 Å². The number of alkyl carbamates (subject to hydrolysis) is 1. The van der Waals surface area contributed by atoms with Gasteiger partial charge < -0.3 is 20.1 Å². The molecule has 2 aromatic rings. The Kier molecular flexibility index (Phi) is 7.20. The molecule has 180 valence electrons. The summed E-state index contributed by atoms with van der Waals surface area (Å²) in [7, 11) is 0. The second-order valence-corrected chi connectivity index (χ2v) is 9.29. The van der Waals surface area contributed by atoms with E-state index in [9.17, 15) is 19.5 Å². The number of hydrogen-bond donors (Lipinski definition) is 2. The van der Waals surface area contributed by atoms with E-state index < -0.39 is 24.0 Å². The van der Waals surface area contributed by atoms with E-state index in [0.717, 1.165) is 35.1 Å². The number of likely N-dealkylation sites (tertiary alicyclic amines) is 1. The van der Waals surface area contributed by atoms with Crippen LogP contribution in [0.4, 0.5) is 4.79 Å². The Morgan fingerprint density at radius 3 is 2.29 bits per heavy atom. The largest absolute Gasteiger partial charge is 0.480 e. The van der Waals surface area contributed by atoms with Crippen molar-refractivity contribution in [2.24, 2.45) is 11.8 Å². The van der Waals surface area contributed by atoms with Gasteiger partial charge in [-0.15, -0.1) is 0 Å². The number of fused-ring (bicyclic) bond motifs is 3. The molecule has 1 aliphatic carbocycles. The van der Waals surface area contributed by atoms with Crippen LogP contribution < -0.4 is 5.32 Å². The number of carboxylic acid groups (broad SMARTS) is 1. The topological polar surface area (TPSA) is 95.9 Å². The first kappa shape index (κ1) is 23.8. The molecule has 1 fully saturated rings. The predicted molar refractivity (Wildman–Crippen MR) is 128 cm³/mol. The van der Waals surface area contributed by atoms with Gasteiger partial charge in [0.15, 0.2) is 0 Å². The number of piperidine rings is 1. The summed E-state index contributed by atoms with van der Waals surface area (Å²) < 4.78 is 5.53. The van der Waals surface area contributed by atoms with Crippen molar-refractivity contribution in [3.8, 4) is 11.1 Å². The molecule has 4 rings (SSSR count). The highest BCUT2D eigenvalue weighted by molar-refractivity contribution is 5.85. The van der Waals surface area contributed by atoms with Crippen LogP contribution in [-0.2, 0) is 14.3 Å². The van der Waals surface area contributed by atoms with Crippen molar-refractivity contribution in [1.82, 2.24) is 10.2 Å². The van der Waals surface area contributed by atoms with Gasteiger partial charge in [-0.1, -0.05) is 68.8 Å². The predicted octanol–water partition coefficient (Wildman–Crippen LogP) is 4.26. The van der Waals surface area contributed by atoms with Gasteiger partial charge in [0.05, 0.1) is 5.92 Å². The quantitative estimate of drug-likeness (QED) is 0.638. The molecule has 34 heavy (non-hydrogen) atoms. The molecule has 1 aliphatic heterocycles. The second kappa shape index (κ2) is 10.3. The minimum Gasteiger partial charge on any atom is -0.480 e. The molecular weight excluding hydrogens is 432 g/mol. The number of carboxylic acids is 1. The molecule has 7 nitrogen and oxygen atoms in total. The fourth-order valence-electron chi connectivity index (χ4n) is 5.16. The Bertz CT molecular complexity index is 1020. The highest BCUT2D eigenvalue weighted by Crippen LogP contribution is 2.44. The fourth-order valence-corrected chi connectivity index (χ4v) is 5.16. The highest BCUT2D eigenvalue weighted by Gasteiger charge is 2.37. The third kappa shape index (κ3) is 4.79. The lowest BCUT2D eigenvalue weighted by Gasteiger charge is -2.38. The smallest absolute Gasteiger partial charge is 0.407 e. The summed E-state index contributed by atoms with van der Waals surface area (Å²) in [5.74, 6) is -1.47. The molecule has 3 atom stereocenters. The van der Waals surface area contributed by atoms with E-state index in [4.69, 9.17) is 4.74 Å². The first-order valence-corrected chi connectivity index (χ1v) is 12.0. The number of nitrogens with one attached hydrogen (secondary N) is 1. The number of carbonyl (C=O) groups is 3. The molecule has 1 heterocycles. The molecule has 2 aliphatic rings. The number of nitrogens with zero attached hydrogens (tertiary/aromatic N) is 1. The summed E-state index contributed by atoms with van der Waals surface area (Å²) in [5, 5.41) is 12.3. The van der Waals surface area contributed by atoms with Gasteiger partial charge in [-0.25, -0.2) is 9.59 Å². The summed E-state index contributed by atoms with van der Waals surface area (Å²) >= 11 is 0. The van der Waals surface area contributed by atoms with Gasteiger partial charge in [-0.05, 0) is 41.0 Å². The maximum atomic E-state index is 12.9. The summed E-state index contributed by atoms with van der Waals surface area (Å²) in [6.45, 7) is 4.48. The van der Waals surface area contributed by atoms with E-state index in [1.807, 2.05) is 31.2 Å². The Hall–Kier alpha value is -3.35. The van der Waals surface area contributed by atoms with Crippen LogP contribution in [0.1, 0.15) is 50.2 Å². The van der Waals surface area contributed by atoms with E-state index in [0.29, 0.717) is 18.9 Å². The van der Waals surface area contributed by atoms with Crippen LogP contribution in [0.2, 0.25) is 0 Å². The molecule has 0 spiro atoms. The number of benzene rings is 2. The molecule has 7 heteroatoms. The maximum Gasteiger partial charge on any atom is 0.407 e. The SMILES string of the molecule is CCC1CCN(C(=O)C(C)CNC(=O)OCC2c3ccccc3-c3ccccc32)C(C(=O)O)C1. The van der Waals surface area contributed by atoms with Crippen molar-refractivity contribution in [1.29, 1.82) is 0 Å². The van der Waals surface area contributed by atoms with Gasteiger partial charge >= 0.3 is 12.1 Å². The van der Waals surface area contributed by atoms with Gasteiger partial charge in [-0.3, -0.25) is 4.79 Å². The van der Waals surface area contributed by atoms with Crippen molar-refractivity contribution in [2.75, 3.05) is 19.7 Å². The van der Waals surface area contributed by atoms with Gasteiger partial charge in [0.2, 0.25) is 5.91 Å². The number of aliphatic carboxylic acids is 1. The number of ether oxygens (including phenoxy) is 1. The lowest BCUT2D eigenvalue weighted by atomic mass is 9.88. The summed E-state index contributed by atoms with van der Waals surface area (Å²) in [4.78, 5) is 38.5. The standard InChI is InChI=1S/C27H32N2O5/c1-3-18-12-13-29(24(14-18)26(31)32)25(30)17(2)15-28-27(33)34-16-23-21-10-6-4-8-19(21)20-9-5-7-11-22(20)23/h4-11,17-18,23-24H,3,12-16H2,1-2H3,(H,28,33)(H,31,32). The molecule has 2 aromatic carbocycles. The normalized spacial score (nSPS) is 20.2. The van der Waals surface area contributed by atoms with Crippen LogP contribution in [0.15, 0.2) is 48.5 Å². The first-order valence-electron chi connectivity index (χ1n) is 12.0. The molecule has 2 N–H and O–H groups in total. The monoisotopic (exact) mass is 464 g/mol. The van der Waals surface area contributed by atoms with E-state index in [2.05, 4.69) is 29.6 Å². The van der Waals surface area contributed by atoms with Crippen molar-refractivity contribution in [2.45, 2.75) is 45.1 Å². The number of hydrogen-bond acceptors (Lipinski definition) is 4. The summed E-state index contributed by atoms with van der Waals surface area (Å²) in [6, 6.07) is 15.4. The summed E-state index contributed by atoms with van der Waals surface area (Å²) in [5.41, 5.74) is 4.59. The van der Waals surface area contributed by atoms with Crippen LogP contribution >= 0.6 is 0 Å². The van der Waals surface area contributed by atoms with Crippen LogP contribution in [0.25, 0.3) is 11.1 Å². The minimum absolute atomic E-state index is 0.0339. The van der Waals surface area contributed by atoms with E-state index in [1.165, 1.54) is 4.90 Å². The third-order valence-electron chi connectivity index (χ3n) is 7.17. The number of carbonyl (C=O) groups excluding carboxylic acids is 2. The zero-order valence-corrected chi connectivity index (χ0v) is 19.7. The van der Waals surface area contributed by atoms with Crippen molar-refractivity contribution in [3.63, 3.8) is 0 Å². The zero-order valence-electron chi connectivity index (χ0n) is 19.7. The van der Waals surface area contributed by atoms with Crippen molar-refractivity contribution >= 4 is 18.0 Å².